The molecular formula is C17H25NO4. The van der Waals surface area contributed by atoms with Gasteiger partial charge in [0.25, 0.3) is 5.91 Å². The van der Waals surface area contributed by atoms with Crippen LogP contribution in [-0.4, -0.2) is 42.5 Å². The van der Waals surface area contributed by atoms with Crippen molar-refractivity contribution in [3.05, 3.63) is 30.3 Å². The van der Waals surface area contributed by atoms with Crippen molar-refractivity contribution in [3.8, 4) is 5.75 Å². The summed E-state index contributed by atoms with van der Waals surface area (Å²) in [6, 6.07) is 9.05. The van der Waals surface area contributed by atoms with Crippen LogP contribution in [0.15, 0.2) is 30.3 Å². The van der Waals surface area contributed by atoms with E-state index >= 15 is 0 Å². The molecule has 5 nitrogen and oxygen atoms in total. The van der Waals surface area contributed by atoms with Gasteiger partial charge in [0.05, 0.1) is 6.61 Å². The minimum absolute atomic E-state index is 0.304. The number of benzene rings is 1. The zero-order valence-electron chi connectivity index (χ0n) is 13.2. The van der Waals surface area contributed by atoms with Gasteiger partial charge in [0, 0.05) is 13.2 Å². The Bertz CT molecular complexity index is 463. The number of hydrogen-bond acceptors (Lipinski definition) is 4. The molecular weight excluding hydrogens is 282 g/mol. The fourth-order valence-corrected chi connectivity index (χ4v) is 2.46. The fraction of sp³-hybridized carbons (Fsp3) is 0.588. The quantitative estimate of drug-likeness (QED) is 0.840. The number of nitrogens with one attached hydrogen (secondary N) is 1. The van der Waals surface area contributed by atoms with Crippen molar-refractivity contribution in [1.82, 2.24) is 5.32 Å². The summed E-state index contributed by atoms with van der Waals surface area (Å²) in [5.41, 5.74) is -1.27. The lowest BCUT2D eigenvalue weighted by atomic mass is 9.99. The Morgan fingerprint density at radius 1 is 1.45 bits per heavy atom. The lowest BCUT2D eigenvalue weighted by molar-refractivity contribution is -0.139. The second-order valence-electron chi connectivity index (χ2n) is 6.29. The summed E-state index contributed by atoms with van der Waals surface area (Å²) in [4.78, 5) is 12.4. The Morgan fingerprint density at radius 3 is 2.77 bits per heavy atom. The molecule has 0 radical (unpaired) electrons. The number of para-hydroxylation sites is 1. The zero-order valence-corrected chi connectivity index (χ0v) is 13.2. The van der Waals surface area contributed by atoms with Gasteiger partial charge in [-0.3, -0.25) is 4.79 Å². The lowest BCUT2D eigenvalue weighted by Gasteiger charge is -2.30. The minimum Gasteiger partial charge on any atom is -0.478 e. The van der Waals surface area contributed by atoms with Crippen LogP contribution in [0.25, 0.3) is 0 Å². The number of ether oxygens (including phenoxy) is 2. The molecule has 1 saturated heterocycles. The highest BCUT2D eigenvalue weighted by atomic mass is 16.5. The second kappa shape index (κ2) is 7.61. The van der Waals surface area contributed by atoms with Crippen molar-refractivity contribution in [3.63, 3.8) is 0 Å². The molecule has 0 spiro atoms. The highest BCUT2D eigenvalue weighted by molar-refractivity contribution is 5.82. The van der Waals surface area contributed by atoms with Crippen LogP contribution in [0.4, 0.5) is 0 Å². The molecule has 1 aliphatic heterocycles. The van der Waals surface area contributed by atoms with E-state index in [9.17, 15) is 9.90 Å². The topological polar surface area (TPSA) is 67.8 Å². The van der Waals surface area contributed by atoms with Crippen molar-refractivity contribution in [2.24, 2.45) is 5.92 Å². The average Bonchev–Trinajstić information content (AvgIpc) is 2.51. The van der Waals surface area contributed by atoms with Crippen molar-refractivity contribution in [2.45, 2.75) is 38.4 Å². The van der Waals surface area contributed by atoms with Gasteiger partial charge >= 0.3 is 0 Å². The molecule has 2 rings (SSSR count). The standard InChI is InChI=1S/C17H25NO4/c1-17(2,20)15(22-14-8-4-3-5-9-14)16(19)18-11-13-7-6-10-21-12-13/h3-5,8-9,13,15,20H,6-7,10-12H2,1-2H3,(H,18,19)/t13-,15+/m0/s1. The Hall–Kier alpha value is -1.59. The summed E-state index contributed by atoms with van der Waals surface area (Å²) in [6.45, 7) is 5.16. The Labute approximate surface area is 131 Å². The Kier molecular flexibility index (Phi) is 5.80. The molecule has 0 aromatic heterocycles. The van der Waals surface area contributed by atoms with Crippen LogP contribution in [0, 0.1) is 5.92 Å². The molecule has 1 aromatic carbocycles. The molecule has 0 unspecified atom stereocenters. The van der Waals surface area contributed by atoms with Gasteiger partial charge in [-0.15, -0.1) is 0 Å². The van der Waals surface area contributed by atoms with E-state index in [1.165, 1.54) is 0 Å². The third kappa shape index (κ3) is 5.00. The maximum atomic E-state index is 12.4. The van der Waals surface area contributed by atoms with Gasteiger partial charge in [0.15, 0.2) is 0 Å². The first kappa shape index (κ1) is 16.8. The maximum Gasteiger partial charge on any atom is 0.264 e. The number of carbonyl (C=O) groups is 1. The van der Waals surface area contributed by atoms with Gasteiger partial charge in [-0.05, 0) is 44.7 Å². The molecule has 5 heteroatoms. The Morgan fingerprint density at radius 2 is 2.18 bits per heavy atom. The first-order chi connectivity index (χ1) is 10.5. The van der Waals surface area contributed by atoms with Gasteiger partial charge in [-0.25, -0.2) is 0 Å². The third-order valence-electron chi connectivity index (χ3n) is 3.70. The van der Waals surface area contributed by atoms with E-state index in [0.717, 1.165) is 19.4 Å². The molecule has 0 bridgehead atoms. The van der Waals surface area contributed by atoms with Gasteiger partial charge in [0.2, 0.25) is 6.10 Å². The van der Waals surface area contributed by atoms with Gasteiger partial charge in [-0.1, -0.05) is 18.2 Å². The predicted molar refractivity (Wildman–Crippen MR) is 83.7 cm³/mol. The molecule has 1 amide bonds. The number of aliphatic hydroxyl groups is 1. The molecule has 2 N–H and O–H groups in total. The lowest BCUT2D eigenvalue weighted by Crippen LogP contribution is -2.52. The van der Waals surface area contributed by atoms with E-state index in [0.29, 0.717) is 24.8 Å². The van der Waals surface area contributed by atoms with Crippen molar-refractivity contribution >= 4 is 5.91 Å². The van der Waals surface area contributed by atoms with E-state index < -0.39 is 11.7 Å². The molecule has 2 atom stereocenters. The van der Waals surface area contributed by atoms with E-state index in [-0.39, 0.29) is 5.91 Å². The number of amides is 1. The van der Waals surface area contributed by atoms with Gasteiger partial charge in [-0.2, -0.15) is 0 Å². The summed E-state index contributed by atoms with van der Waals surface area (Å²) in [7, 11) is 0. The van der Waals surface area contributed by atoms with Crippen molar-refractivity contribution in [1.29, 1.82) is 0 Å². The largest absolute Gasteiger partial charge is 0.478 e. The molecule has 1 aromatic rings. The minimum atomic E-state index is -1.27. The van der Waals surface area contributed by atoms with Crippen LogP contribution in [0.1, 0.15) is 26.7 Å². The fourth-order valence-electron chi connectivity index (χ4n) is 2.46. The molecule has 1 fully saturated rings. The highest BCUT2D eigenvalue weighted by Gasteiger charge is 2.35. The number of rotatable bonds is 6. The summed E-state index contributed by atoms with van der Waals surface area (Å²) < 4.78 is 11.1. The van der Waals surface area contributed by atoms with Crippen LogP contribution < -0.4 is 10.1 Å². The molecule has 1 aliphatic rings. The molecule has 22 heavy (non-hydrogen) atoms. The Balaban J connectivity index is 1.94. The van der Waals surface area contributed by atoms with E-state index in [1.807, 2.05) is 18.2 Å². The average molecular weight is 307 g/mol. The van der Waals surface area contributed by atoms with E-state index in [1.54, 1.807) is 26.0 Å². The van der Waals surface area contributed by atoms with Crippen LogP contribution >= 0.6 is 0 Å². The van der Waals surface area contributed by atoms with Gasteiger partial charge < -0.3 is 19.9 Å². The maximum absolute atomic E-state index is 12.4. The summed E-state index contributed by atoms with van der Waals surface area (Å²) in [6.07, 6.45) is 1.11. The van der Waals surface area contributed by atoms with Crippen LogP contribution in [-0.2, 0) is 9.53 Å². The molecule has 0 aliphatic carbocycles. The third-order valence-corrected chi connectivity index (χ3v) is 3.70. The monoisotopic (exact) mass is 307 g/mol. The first-order valence-electron chi connectivity index (χ1n) is 7.76. The molecule has 1 heterocycles. The predicted octanol–water partition coefficient (Wildman–Crippen LogP) is 1.75. The van der Waals surface area contributed by atoms with E-state index in [4.69, 9.17) is 9.47 Å². The zero-order chi connectivity index (χ0) is 16.0. The SMILES string of the molecule is CC(C)(O)[C@H](Oc1ccccc1)C(=O)NC[C@@H]1CCCOC1. The summed E-state index contributed by atoms with van der Waals surface area (Å²) >= 11 is 0. The number of hydrogen-bond donors (Lipinski definition) is 2. The van der Waals surface area contributed by atoms with E-state index in [2.05, 4.69) is 5.32 Å². The van der Waals surface area contributed by atoms with Crippen molar-refractivity contribution < 1.29 is 19.4 Å². The first-order valence-corrected chi connectivity index (χ1v) is 7.76. The normalized spacial score (nSPS) is 20.2. The highest BCUT2D eigenvalue weighted by Crippen LogP contribution is 2.19. The van der Waals surface area contributed by atoms with Crippen molar-refractivity contribution in [2.75, 3.05) is 19.8 Å². The number of carbonyl (C=O) groups excluding carboxylic acids is 1. The summed E-state index contributed by atoms with van der Waals surface area (Å²) in [5.74, 6) is 0.588. The van der Waals surface area contributed by atoms with Crippen LogP contribution in [0.5, 0.6) is 5.75 Å². The van der Waals surface area contributed by atoms with Crippen LogP contribution in [0.3, 0.4) is 0 Å². The second-order valence-corrected chi connectivity index (χ2v) is 6.29. The summed E-state index contributed by atoms with van der Waals surface area (Å²) in [5, 5.41) is 13.1. The smallest absolute Gasteiger partial charge is 0.264 e. The molecule has 0 saturated carbocycles. The molecule has 122 valence electrons. The van der Waals surface area contributed by atoms with Crippen LogP contribution in [0.2, 0.25) is 0 Å². The van der Waals surface area contributed by atoms with Gasteiger partial charge in [0.1, 0.15) is 11.4 Å².